The lowest BCUT2D eigenvalue weighted by Gasteiger charge is -2.44. The summed E-state index contributed by atoms with van der Waals surface area (Å²) in [6.07, 6.45) is -8.42. The smallest absolute Gasteiger partial charge is 0.335 e. The maximum atomic E-state index is 14.4. The highest BCUT2D eigenvalue weighted by Gasteiger charge is 2.51. The monoisotopic (exact) mass is 987 g/mol. The molecule has 17 nitrogen and oxygen atoms in total. The van der Waals surface area contributed by atoms with Crippen molar-refractivity contribution in [2.45, 2.75) is 102 Å². The number of nitrogens with zero attached hydrogens (tertiary/aromatic N) is 2. The molecule has 3 heterocycles. The molecule has 1 amide bonds. The van der Waals surface area contributed by atoms with Crippen molar-refractivity contribution in [3.05, 3.63) is 213 Å². The third kappa shape index (κ3) is 14.7. The van der Waals surface area contributed by atoms with Gasteiger partial charge in [0.25, 0.3) is 5.56 Å². The van der Waals surface area contributed by atoms with Crippen LogP contribution in [0.5, 0.6) is 0 Å². The first kappa shape index (κ1) is 52.1. The molecule has 0 radical (unpaired) electrons. The van der Waals surface area contributed by atoms with Crippen LogP contribution in [-0.4, -0.2) is 95.9 Å². The minimum absolute atomic E-state index is 0.0635. The predicted octanol–water partition coefficient (Wildman–Crippen LogP) is 5.61. The fraction of sp³-hybridized carbons (Fsp3) is 0.364. The van der Waals surface area contributed by atoms with E-state index in [2.05, 4.69) is 5.32 Å². The summed E-state index contributed by atoms with van der Waals surface area (Å²) in [5, 5.41) is 14.6. The molecule has 2 saturated heterocycles. The number of aliphatic hydroxyl groups is 1. The van der Waals surface area contributed by atoms with Gasteiger partial charge in [-0.15, -0.1) is 0 Å². The van der Waals surface area contributed by atoms with Gasteiger partial charge in [-0.1, -0.05) is 152 Å². The van der Waals surface area contributed by atoms with E-state index in [1.807, 2.05) is 152 Å². The largest absolute Gasteiger partial charge is 0.388 e. The number of aromatic nitrogens is 2. The SMILES string of the molecule is CC(=O)NC[C@@H]1O[C@H](OC[C@H]2O[C@@H](n3ccc(=O)n(COCc4ccccc4)c3=O)[C@H](OCOCc3ccccc3)[C@@H]2OCOCc2ccccc2)[C@H](OCc2ccccc2)[C@H](OCc2ccccc2)[C@H]1O. The first-order valence-electron chi connectivity index (χ1n) is 23.9. The van der Waals surface area contributed by atoms with Gasteiger partial charge in [-0.2, -0.15) is 0 Å². The van der Waals surface area contributed by atoms with Crippen LogP contribution in [0.4, 0.5) is 0 Å². The summed E-state index contributed by atoms with van der Waals surface area (Å²) >= 11 is 0. The Hall–Kier alpha value is -6.19. The van der Waals surface area contributed by atoms with Gasteiger partial charge in [0, 0.05) is 25.7 Å². The van der Waals surface area contributed by atoms with Crippen molar-refractivity contribution in [1.82, 2.24) is 14.5 Å². The Morgan fingerprint density at radius 2 is 1.01 bits per heavy atom. The number of benzene rings is 5. The van der Waals surface area contributed by atoms with Gasteiger partial charge < -0.3 is 57.8 Å². The Balaban J connectivity index is 1.09. The van der Waals surface area contributed by atoms with Crippen molar-refractivity contribution >= 4 is 5.91 Å². The first-order valence-corrected chi connectivity index (χ1v) is 23.9. The molecule has 0 bridgehead atoms. The molecule has 0 spiro atoms. The van der Waals surface area contributed by atoms with Crippen molar-refractivity contribution in [1.29, 1.82) is 0 Å². The summed E-state index contributed by atoms with van der Waals surface area (Å²) in [5.41, 5.74) is 3.10. The molecule has 2 N–H and O–H groups in total. The summed E-state index contributed by atoms with van der Waals surface area (Å²) in [6.45, 7) is 1.12. The fourth-order valence-corrected chi connectivity index (χ4v) is 8.37. The molecule has 1 aromatic heterocycles. The Morgan fingerprint density at radius 3 is 1.53 bits per heavy atom. The lowest BCUT2D eigenvalue weighted by atomic mass is 9.97. The molecule has 17 heteroatoms. The zero-order chi connectivity index (χ0) is 49.9. The van der Waals surface area contributed by atoms with Crippen LogP contribution in [0.1, 0.15) is 41.0 Å². The third-order valence-corrected chi connectivity index (χ3v) is 12.1. The number of nitrogens with one attached hydrogen (secondary N) is 1. The maximum Gasteiger partial charge on any atom is 0.335 e. The number of rotatable bonds is 26. The fourth-order valence-electron chi connectivity index (χ4n) is 8.37. The average Bonchev–Trinajstić information content (AvgIpc) is 3.75. The van der Waals surface area contributed by atoms with Crippen LogP contribution in [0.15, 0.2) is 174 Å². The van der Waals surface area contributed by atoms with Crippen LogP contribution in [0.3, 0.4) is 0 Å². The average molecular weight is 988 g/mol. The quantitative estimate of drug-likeness (QED) is 0.0505. The molecule has 2 aliphatic heterocycles. The van der Waals surface area contributed by atoms with Crippen molar-refractivity contribution in [2.75, 3.05) is 26.7 Å². The van der Waals surface area contributed by atoms with Gasteiger partial charge in [-0.3, -0.25) is 14.2 Å². The molecule has 2 fully saturated rings. The van der Waals surface area contributed by atoms with Crippen LogP contribution in [-0.2, 0) is 91.9 Å². The van der Waals surface area contributed by atoms with E-state index in [0.717, 1.165) is 32.4 Å². The molecule has 0 unspecified atom stereocenters. The van der Waals surface area contributed by atoms with E-state index in [9.17, 15) is 19.5 Å². The van der Waals surface area contributed by atoms with E-state index in [1.165, 1.54) is 23.8 Å². The topological polar surface area (TPSA) is 186 Å². The molecule has 6 aromatic rings. The predicted molar refractivity (Wildman–Crippen MR) is 261 cm³/mol. The van der Waals surface area contributed by atoms with E-state index in [0.29, 0.717) is 0 Å². The number of amides is 1. The number of hydrogen-bond acceptors (Lipinski definition) is 14. The highest BCUT2D eigenvalue weighted by atomic mass is 16.7. The van der Waals surface area contributed by atoms with Crippen LogP contribution < -0.4 is 16.6 Å². The second-order valence-corrected chi connectivity index (χ2v) is 17.3. The summed E-state index contributed by atoms with van der Waals surface area (Å²) in [5.74, 6) is -0.324. The maximum absolute atomic E-state index is 14.4. The lowest BCUT2D eigenvalue weighted by molar-refractivity contribution is -0.319. The molecule has 8 rings (SSSR count). The zero-order valence-electron chi connectivity index (χ0n) is 40.0. The third-order valence-electron chi connectivity index (χ3n) is 12.1. The van der Waals surface area contributed by atoms with E-state index in [-0.39, 0.29) is 72.4 Å². The Morgan fingerprint density at radius 1 is 0.542 bits per heavy atom. The van der Waals surface area contributed by atoms with Crippen LogP contribution >= 0.6 is 0 Å². The summed E-state index contributed by atoms with van der Waals surface area (Å²) < 4.78 is 66.0. The number of carbonyl (C=O) groups excluding carboxylic acids is 1. The van der Waals surface area contributed by atoms with Gasteiger partial charge in [0.15, 0.2) is 12.5 Å². The molecule has 0 aliphatic carbocycles. The van der Waals surface area contributed by atoms with Gasteiger partial charge in [0.2, 0.25) is 5.91 Å². The zero-order valence-corrected chi connectivity index (χ0v) is 40.0. The number of aliphatic hydroxyl groups excluding tert-OH is 1. The lowest BCUT2D eigenvalue weighted by Crippen LogP contribution is -2.62. The van der Waals surface area contributed by atoms with Gasteiger partial charge in [0.1, 0.15) is 63.0 Å². The van der Waals surface area contributed by atoms with E-state index in [1.54, 1.807) is 0 Å². The van der Waals surface area contributed by atoms with Crippen LogP contribution in [0.2, 0.25) is 0 Å². The van der Waals surface area contributed by atoms with Crippen molar-refractivity contribution < 1.29 is 57.3 Å². The van der Waals surface area contributed by atoms with Crippen molar-refractivity contribution in [2.24, 2.45) is 0 Å². The second kappa shape index (κ2) is 27.0. The van der Waals surface area contributed by atoms with E-state index < -0.39 is 66.5 Å². The van der Waals surface area contributed by atoms with E-state index in [4.69, 9.17) is 47.4 Å². The molecule has 9 atom stereocenters. The second-order valence-electron chi connectivity index (χ2n) is 17.3. The van der Waals surface area contributed by atoms with Crippen LogP contribution in [0.25, 0.3) is 0 Å². The summed E-state index contributed by atoms with van der Waals surface area (Å²) in [7, 11) is 0. The van der Waals surface area contributed by atoms with E-state index >= 15 is 0 Å². The highest BCUT2D eigenvalue weighted by molar-refractivity contribution is 5.72. The molecule has 0 saturated carbocycles. The first-order chi connectivity index (χ1) is 35.3. The minimum Gasteiger partial charge on any atom is -0.388 e. The molecule has 72 heavy (non-hydrogen) atoms. The molecular formula is C55H61N3O14. The van der Waals surface area contributed by atoms with Gasteiger partial charge in [0.05, 0.1) is 39.6 Å². The minimum atomic E-state index is -1.26. The Labute approximate surface area is 417 Å². The summed E-state index contributed by atoms with van der Waals surface area (Å²) in [6, 6.07) is 48.8. The number of ether oxygens (including phenoxy) is 10. The van der Waals surface area contributed by atoms with Gasteiger partial charge in [-0.25, -0.2) is 9.36 Å². The van der Waals surface area contributed by atoms with Crippen molar-refractivity contribution in [3.8, 4) is 0 Å². The van der Waals surface area contributed by atoms with Crippen LogP contribution in [0, 0.1) is 0 Å². The molecule has 5 aromatic carbocycles. The molecule has 380 valence electrons. The molecular weight excluding hydrogens is 927 g/mol. The van der Waals surface area contributed by atoms with Gasteiger partial charge >= 0.3 is 5.69 Å². The van der Waals surface area contributed by atoms with Gasteiger partial charge in [-0.05, 0) is 27.8 Å². The molecule has 2 aliphatic rings. The number of hydrogen-bond donors (Lipinski definition) is 2. The van der Waals surface area contributed by atoms with Crippen molar-refractivity contribution in [3.63, 3.8) is 0 Å². The Kier molecular flexibility index (Phi) is 19.6. The normalized spacial score (nSPS) is 22.9. The number of carbonyl (C=O) groups is 1. The summed E-state index contributed by atoms with van der Waals surface area (Å²) in [4.78, 5) is 39.9. The highest BCUT2D eigenvalue weighted by Crippen LogP contribution is 2.35. The standard InChI is InChI=1S/C55H61N3O14/c1-39(59)56-29-45-48(61)50(66-33-43-23-13-5-14-24-43)52(67-34-44-25-15-6-16-26-44)54(72-45)68-35-46-49(69-37-64-31-41-19-9-3-10-20-41)51(70-38-65-32-42-21-11-4-12-22-42)53(71-46)57-28-27-47(60)58(55(57)62)36-63-30-40-17-7-2-8-18-40/h2-28,45-46,48-54,61H,29-38H2,1H3,(H,56,59)/t45-,46+,48-,49+,50+,51+,52+,53+,54-/m0/s1. The Bertz CT molecular complexity index is 2650.